The van der Waals surface area contributed by atoms with Gasteiger partial charge in [-0.05, 0) is 12.8 Å². The van der Waals surface area contributed by atoms with Gasteiger partial charge in [-0.15, -0.1) is 0 Å². The molecule has 1 aliphatic carbocycles. The Morgan fingerprint density at radius 2 is 1.17 bits per heavy atom. The fourth-order valence-corrected chi connectivity index (χ4v) is 4.81. The molecule has 1 aromatic rings. The maximum absolute atomic E-state index is 12.6. The average Bonchev–Trinajstić information content (AvgIpc) is 2.61. The van der Waals surface area contributed by atoms with E-state index in [1.54, 1.807) is 0 Å². The van der Waals surface area contributed by atoms with Crippen LogP contribution in [-0.4, -0.2) is 19.0 Å². The van der Waals surface area contributed by atoms with E-state index in [1.807, 2.05) is 0 Å². The molecule has 0 amide bonds. The molecule has 0 atom stereocenters. The first kappa shape index (κ1) is 20.5. The van der Waals surface area contributed by atoms with E-state index >= 15 is 0 Å². The molecular weight excluding hydrogens is 471 g/mol. The van der Waals surface area contributed by atoms with Gasteiger partial charge in [0, 0.05) is 29.9 Å². The summed E-state index contributed by atoms with van der Waals surface area (Å²) in [4.78, 5) is 25.3. The Labute approximate surface area is 170 Å². The molecule has 13 heteroatoms. The highest BCUT2D eigenvalue weighted by molar-refractivity contribution is 8.05. The lowest BCUT2D eigenvalue weighted by molar-refractivity contribution is 0.340. The first-order valence-corrected chi connectivity index (χ1v) is 10.3. The Morgan fingerprint density at radius 1 is 0.783 bits per heavy atom. The van der Waals surface area contributed by atoms with Gasteiger partial charge in [-0.25, -0.2) is 14.2 Å². The monoisotopic (exact) mass is 479 g/mol. The van der Waals surface area contributed by atoms with Crippen LogP contribution in [0.3, 0.4) is 0 Å². The lowest BCUT2D eigenvalue weighted by Crippen LogP contribution is -2.33. The number of rotatable bonds is 3. The third-order valence-electron chi connectivity index (χ3n) is 3.22. The average molecular weight is 482 g/mol. The van der Waals surface area contributed by atoms with Crippen LogP contribution in [0.1, 0.15) is 38.1 Å². The zero-order valence-corrected chi connectivity index (χ0v) is 17.5. The van der Waals surface area contributed by atoms with E-state index < -0.39 is 17.6 Å². The van der Waals surface area contributed by atoms with Crippen LogP contribution in [0, 0.1) is 0 Å². The minimum atomic E-state index is -1.86. The van der Waals surface area contributed by atoms with Gasteiger partial charge in [0.25, 0.3) is 6.25 Å². The number of hydrogen-bond acceptors (Lipinski definition) is 4. The van der Waals surface area contributed by atoms with Crippen LogP contribution >= 0.6 is 93.5 Å². The second kappa shape index (κ2) is 7.82. The zero-order valence-electron chi connectivity index (χ0n) is 11.4. The van der Waals surface area contributed by atoms with Gasteiger partial charge < -0.3 is 0 Å². The van der Waals surface area contributed by atoms with Gasteiger partial charge >= 0.3 is 11.4 Å². The van der Waals surface area contributed by atoms with E-state index in [9.17, 15) is 9.59 Å². The van der Waals surface area contributed by atoms with Gasteiger partial charge in [-0.2, -0.15) is 8.17 Å². The van der Waals surface area contributed by atoms with E-state index in [1.165, 1.54) is 0 Å². The third-order valence-corrected chi connectivity index (χ3v) is 5.97. The van der Waals surface area contributed by atoms with Crippen molar-refractivity contribution in [2.45, 2.75) is 44.4 Å². The highest BCUT2D eigenvalue weighted by Crippen LogP contribution is 2.42. The Hall–Kier alpha value is 1.18. The molecule has 1 aromatic heterocycles. The topological polar surface area (TPSA) is 48.9 Å². The van der Waals surface area contributed by atoms with Crippen molar-refractivity contribution in [1.29, 1.82) is 0 Å². The van der Waals surface area contributed by atoms with E-state index in [0.29, 0.717) is 23.9 Å². The molecule has 0 saturated heterocycles. The van der Waals surface area contributed by atoms with E-state index in [0.717, 1.165) is 44.8 Å². The molecule has 0 aliphatic heterocycles. The molecule has 0 radical (unpaired) electrons. The quantitative estimate of drug-likeness (QED) is 0.572. The Balaban J connectivity index is 2.54. The second-order valence-corrected chi connectivity index (χ2v) is 13.0. The van der Waals surface area contributed by atoms with Gasteiger partial charge in [-0.3, -0.25) is 0 Å². The smallest absolute Gasteiger partial charge is 0.245 e. The number of alkyl halides is 6. The molecule has 1 aliphatic rings. The summed E-state index contributed by atoms with van der Waals surface area (Å²) in [5, 5.41) is 0. The minimum Gasteiger partial charge on any atom is -0.245 e. The lowest BCUT2D eigenvalue weighted by Gasteiger charge is -2.20. The first-order chi connectivity index (χ1) is 10.5. The summed E-state index contributed by atoms with van der Waals surface area (Å²) < 4.78 is -0.741. The fraction of sp³-hybridized carbons (Fsp3) is 0.800. The maximum atomic E-state index is 12.6. The van der Waals surface area contributed by atoms with Crippen LogP contribution in [-0.2, 0) is 0 Å². The second-order valence-electron chi connectivity index (χ2n) is 4.85. The van der Waals surface area contributed by atoms with Crippen molar-refractivity contribution < 1.29 is 0 Å². The molecule has 2 rings (SSSR count). The fourth-order valence-electron chi connectivity index (χ4n) is 2.42. The number of hydrogen-bond donors (Lipinski definition) is 0. The molecule has 0 spiro atoms. The highest BCUT2D eigenvalue weighted by atomic mass is 35.6. The van der Waals surface area contributed by atoms with Crippen LogP contribution in [0.15, 0.2) is 9.59 Å². The van der Waals surface area contributed by atoms with Crippen molar-refractivity contribution in [1.82, 2.24) is 12.7 Å². The van der Waals surface area contributed by atoms with Crippen LogP contribution in [0.25, 0.3) is 0 Å². The molecule has 23 heavy (non-hydrogen) atoms. The molecule has 0 N–H and O–H groups in total. The molecule has 1 saturated carbocycles. The molecule has 1 fully saturated rings. The number of nitrogens with zero attached hydrogens (tertiary/aromatic N) is 3. The van der Waals surface area contributed by atoms with Crippen molar-refractivity contribution in [2.24, 2.45) is 0 Å². The molecule has 0 bridgehead atoms. The SMILES string of the molecule is O=c1n(C2CCCCC2)c(=O)n(SC(Cl)(Cl)Cl)n1SC(Cl)(Cl)Cl. The standard InChI is InChI=1S/C10H11Cl6N3O2S2/c11-9(12,13)22-18-7(20)17(6-4-2-1-3-5-6)8(21)19(18)23-10(14,15)16/h6H,1-5H2. The Bertz CT molecular complexity index is 621. The van der Waals surface area contributed by atoms with Gasteiger partial charge in [0.15, 0.2) is 0 Å². The molecule has 0 unspecified atom stereocenters. The largest absolute Gasteiger partial charge is 0.358 e. The third kappa shape index (κ3) is 5.58. The normalized spacial score (nSPS) is 17.7. The van der Waals surface area contributed by atoms with Crippen molar-refractivity contribution in [3.05, 3.63) is 21.0 Å². The van der Waals surface area contributed by atoms with Crippen molar-refractivity contribution in [3.8, 4) is 0 Å². The summed E-state index contributed by atoms with van der Waals surface area (Å²) in [7, 11) is 0. The van der Waals surface area contributed by atoms with Crippen molar-refractivity contribution >= 4 is 93.5 Å². The summed E-state index contributed by atoms with van der Waals surface area (Å²) in [6.07, 6.45) is 4.42. The first-order valence-electron chi connectivity index (χ1n) is 6.48. The van der Waals surface area contributed by atoms with Crippen LogP contribution in [0.2, 0.25) is 0 Å². The molecule has 1 heterocycles. The lowest BCUT2D eigenvalue weighted by atomic mass is 9.95. The molecule has 132 valence electrons. The summed E-state index contributed by atoms with van der Waals surface area (Å²) >= 11 is 35.5. The Kier molecular flexibility index (Phi) is 6.97. The minimum absolute atomic E-state index is 0.205. The highest BCUT2D eigenvalue weighted by Gasteiger charge is 2.33. The summed E-state index contributed by atoms with van der Waals surface area (Å²) in [6, 6.07) is -0.205. The number of aromatic nitrogens is 3. The van der Waals surface area contributed by atoms with E-state index in [-0.39, 0.29) is 6.04 Å². The van der Waals surface area contributed by atoms with E-state index in [4.69, 9.17) is 69.6 Å². The van der Waals surface area contributed by atoms with Crippen molar-refractivity contribution in [2.75, 3.05) is 0 Å². The van der Waals surface area contributed by atoms with E-state index in [2.05, 4.69) is 0 Å². The predicted octanol–water partition coefficient (Wildman–Crippen LogP) is 4.96. The summed E-state index contributed by atoms with van der Waals surface area (Å²) in [5.41, 5.74) is -1.22. The van der Waals surface area contributed by atoms with Crippen molar-refractivity contribution in [3.63, 3.8) is 0 Å². The summed E-state index contributed by atoms with van der Waals surface area (Å²) in [5.74, 6) is 0. The van der Waals surface area contributed by atoms with Gasteiger partial charge in [0.1, 0.15) is 0 Å². The summed E-state index contributed by atoms with van der Waals surface area (Å²) in [6.45, 7) is 0. The zero-order chi connectivity index (χ0) is 17.4. The molecule has 0 aromatic carbocycles. The molecule has 5 nitrogen and oxygen atoms in total. The molecular formula is C10H11Cl6N3O2S2. The van der Waals surface area contributed by atoms with Crippen LogP contribution in [0.5, 0.6) is 0 Å². The van der Waals surface area contributed by atoms with Crippen LogP contribution < -0.4 is 11.4 Å². The van der Waals surface area contributed by atoms with Gasteiger partial charge in [-0.1, -0.05) is 88.9 Å². The van der Waals surface area contributed by atoms with Crippen LogP contribution in [0.4, 0.5) is 0 Å². The predicted molar refractivity (Wildman–Crippen MR) is 102 cm³/mol. The number of halogens is 6. The maximum Gasteiger partial charge on any atom is 0.358 e. The Morgan fingerprint density at radius 3 is 1.52 bits per heavy atom. The van der Waals surface area contributed by atoms with Gasteiger partial charge in [0.05, 0.1) is 0 Å². The van der Waals surface area contributed by atoms with Gasteiger partial charge in [0.2, 0.25) is 0 Å².